The van der Waals surface area contributed by atoms with E-state index < -0.39 is 0 Å². The summed E-state index contributed by atoms with van der Waals surface area (Å²) >= 11 is 6.28. The van der Waals surface area contributed by atoms with Crippen LogP contribution < -0.4 is 0 Å². The topological polar surface area (TPSA) is 51.8 Å². The van der Waals surface area contributed by atoms with Crippen molar-refractivity contribution >= 4 is 33.5 Å². The van der Waals surface area contributed by atoms with Crippen molar-refractivity contribution in [2.75, 3.05) is 0 Å². The van der Waals surface area contributed by atoms with Crippen LogP contribution >= 0.6 is 11.6 Å². The van der Waals surface area contributed by atoms with Crippen molar-refractivity contribution in [3.05, 3.63) is 102 Å². The summed E-state index contributed by atoms with van der Waals surface area (Å²) in [7, 11) is 0. The van der Waals surface area contributed by atoms with Gasteiger partial charge in [-0.1, -0.05) is 78.9 Å². The third kappa shape index (κ3) is 3.22. The Balaban J connectivity index is 1.54. The quantitative estimate of drug-likeness (QED) is 0.291. The molecule has 0 radical (unpaired) electrons. The van der Waals surface area contributed by atoms with E-state index in [1.807, 2.05) is 66.7 Å². The van der Waals surface area contributed by atoms with Gasteiger partial charge in [-0.05, 0) is 40.9 Å². The molecule has 6 rings (SSSR count). The average Bonchev–Trinajstić information content (AvgIpc) is 3.23. The van der Waals surface area contributed by atoms with E-state index >= 15 is 0 Å². The molecule has 0 spiro atoms. The van der Waals surface area contributed by atoms with E-state index in [9.17, 15) is 0 Å². The van der Waals surface area contributed by atoms with Crippen LogP contribution in [0.1, 0.15) is 0 Å². The van der Waals surface area contributed by atoms with Gasteiger partial charge in [-0.15, -0.1) is 0 Å². The summed E-state index contributed by atoms with van der Waals surface area (Å²) in [5.41, 5.74) is 5.45. The van der Waals surface area contributed by atoms with Gasteiger partial charge in [0.15, 0.2) is 11.6 Å². The number of para-hydroxylation sites is 1. The van der Waals surface area contributed by atoms with Crippen molar-refractivity contribution in [2.24, 2.45) is 0 Å². The summed E-state index contributed by atoms with van der Waals surface area (Å²) in [6, 6.07) is 32.3. The van der Waals surface area contributed by atoms with E-state index in [-0.39, 0.29) is 5.28 Å². The molecule has 6 aromatic rings. The number of fused-ring (bicyclic) bond motifs is 3. The van der Waals surface area contributed by atoms with Crippen molar-refractivity contribution in [1.29, 1.82) is 0 Å². The molecular weight excluding hydrogens is 418 g/mol. The third-order valence-corrected chi connectivity index (χ3v) is 5.66. The van der Waals surface area contributed by atoms with Gasteiger partial charge < -0.3 is 4.42 Å². The van der Waals surface area contributed by atoms with Crippen LogP contribution in [0.25, 0.3) is 55.8 Å². The van der Waals surface area contributed by atoms with Gasteiger partial charge >= 0.3 is 0 Å². The molecule has 0 bridgehead atoms. The van der Waals surface area contributed by atoms with Crippen LogP contribution in [0.3, 0.4) is 0 Å². The third-order valence-electron chi connectivity index (χ3n) is 5.49. The molecule has 4 nitrogen and oxygen atoms in total. The predicted octanol–water partition coefficient (Wildman–Crippen LogP) is 7.43. The Morgan fingerprint density at radius 1 is 0.562 bits per heavy atom. The maximum absolute atomic E-state index is 6.34. The number of rotatable bonds is 3. The number of nitrogens with zero attached hydrogens (tertiary/aromatic N) is 3. The van der Waals surface area contributed by atoms with Crippen LogP contribution in [0, 0.1) is 0 Å². The molecule has 4 aromatic carbocycles. The lowest BCUT2D eigenvalue weighted by Gasteiger charge is -2.05. The molecule has 0 unspecified atom stereocenters. The van der Waals surface area contributed by atoms with E-state index in [1.165, 1.54) is 0 Å². The highest BCUT2D eigenvalue weighted by atomic mass is 35.5. The highest BCUT2D eigenvalue weighted by Gasteiger charge is 2.16. The molecule has 0 saturated carbocycles. The lowest BCUT2D eigenvalue weighted by Crippen LogP contribution is -1.97. The first kappa shape index (κ1) is 18.7. The zero-order chi connectivity index (χ0) is 21.5. The number of furan rings is 1. The van der Waals surface area contributed by atoms with Gasteiger partial charge in [0.1, 0.15) is 11.2 Å². The second-order valence-electron chi connectivity index (χ2n) is 7.48. The first-order chi connectivity index (χ1) is 15.8. The average molecular weight is 434 g/mol. The Kier molecular flexibility index (Phi) is 4.44. The smallest absolute Gasteiger partial charge is 0.226 e. The Labute approximate surface area is 189 Å². The van der Waals surface area contributed by atoms with Crippen molar-refractivity contribution in [2.45, 2.75) is 0 Å². The fourth-order valence-corrected chi connectivity index (χ4v) is 4.13. The molecule has 0 fully saturated rings. The Bertz CT molecular complexity index is 1580. The van der Waals surface area contributed by atoms with E-state index in [4.69, 9.17) is 21.0 Å². The van der Waals surface area contributed by atoms with Crippen LogP contribution in [0.2, 0.25) is 5.28 Å². The molecule has 0 N–H and O–H groups in total. The first-order valence-electron chi connectivity index (χ1n) is 10.2. The molecule has 152 valence electrons. The van der Waals surface area contributed by atoms with Gasteiger partial charge in [-0.3, -0.25) is 0 Å². The molecule has 0 aliphatic rings. The molecule has 0 aliphatic carbocycles. The predicted molar refractivity (Wildman–Crippen MR) is 128 cm³/mol. The summed E-state index contributed by atoms with van der Waals surface area (Å²) < 4.78 is 6.34. The van der Waals surface area contributed by atoms with Crippen LogP contribution in [0.15, 0.2) is 101 Å². The minimum atomic E-state index is 0.147. The van der Waals surface area contributed by atoms with Gasteiger partial charge in [-0.2, -0.15) is 9.97 Å². The van der Waals surface area contributed by atoms with Gasteiger partial charge in [-0.25, -0.2) is 4.98 Å². The Morgan fingerprint density at radius 3 is 2.06 bits per heavy atom. The van der Waals surface area contributed by atoms with Gasteiger partial charge in [0.05, 0.1) is 5.56 Å². The second kappa shape index (κ2) is 7.59. The highest BCUT2D eigenvalue weighted by molar-refractivity contribution is 6.28. The molecule has 32 heavy (non-hydrogen) atoms. The summed E-state index contributed by atoms with van der Waals surface area (Å²) in [4.78, 5) is 13.4. The Morgan fingerprint density at radius 2 is 1.28 bits per heavy atom. The summed E-state index contributed by atoms with van der Waals surface area (Å²) in [5.74, 6) is 1.01. The molecule has 2 heterocycles. The number of hydrogen-bond acceptors (Lipinski definition) is 4. The molecule has 5 heteroatoms. The minimum Gasteiger partial charge on any atom is -0.455 e. The summed E-state index contributed by atoms with van der Waals surface area (Å²) in [6.45, 7) is 0. The summed E-state index contributed by atoms with van der Waals surface area (Å²) in [5, 5.41) is 2.20. The van der Waals surface area contributed by atoms with E-state index in [0.717, 1.165) is 44.2 Å². The molecular formula is C27H16ClN3O. The monoisotopic (exact) mass is 433 g/mol. The van der Waals surface area contributed by atoms with Gasteiger partial charge in [0, 0.05) is 16.3 Å². The molecule has 0 saturated heterocycles. The lowest BCUT2D eigenvalue weighted by atomic mass is 10.0. The fraction of sp³-hybridized carbons (Fsp3) is 0. The van der Waals surface area contributed by atoms with Gasteiger partial charge in [0.2, 0.25) is 5.28 Å². The number of aromatic nitrogens is 3. The van der Waals surface area contributed by atoms with Crippen LogP contribution in [0.4, 0.5) is 0 Å². The zero-order valence-corrected chi connectivity index (χ0v) is 17.6. The van der Waals surface area contributed by atoms with Crippen LogP contribution in [0.5, 0.6) is 0 Å². The first-order valence-corrected chi connectivity index (χ1v) is 10.6. The second-order valence-corrected chi connectivity index (χ2v) is 7.82. The van der Waals surface area contributed by atoms with Crippen LogP contribution in [-0.4, -0.2) is 15.0 Å². The number of halogens is 1. The maximum atomic E-state index is 6.34. The minimum absolute atomic E-state index is 0.147. The maximum Gasteiger partial charge on any atom is 0.226 e. The van der Waals surface area contributed by atoms with Crippen LogP contribution in [-0.2, 0) is 0 Å². The number of hydrogen-bond donors (Lipinski definition) is 0. The van der Waals surface area contributed by atoms with E-state index in [2.05, 4.69) is 40.3 Å². The highest BCUT2D eigenvalue weighted by Crippen LogP contribution is 2.37. The van der Waals surface area contributed by atoms with E-state index in [1.54, 1.807) is 0 Å². The molecule has 0 amide bonds. The fourth-order valence-electron chi connectivity index (χ4n) is 3.97. The van der Waals surface area contributed by atoms with E-state index in [0.29, 0.717) is 11.6 Å². The number of benzene rings is 4. The summed E-state index contributed by atoms with van der Waals surface area (Å²) in [6.07, 6.45) is 0. The molecule has 0 atom stereocenters. The molecule has 2 aromatic heterocycles. The normalized spacial score (nSPS) is 11.3. The standard InChI is InChI=1S/C27H16ClN3O/c28-27-30-25(18-10-5-2-6-11-18)29-26(31-27)22-13-7-12-21-20-15-14-19(16-23(20)32-24(21)22)17-8-3-1-4-9-17/h1-16H. The van der Waals surface area contributed by atoms with Crippen molar-refractivity contribution in [3.63, 3.8) is 0 Å². The van der Waals surface area contributed by atoms with Gasteiger partial charge in [0.25, 0.3) is 0 Å². The molecule has 0 aliphatic heterocycles. The van der Waals surface area contributed by atoms with Crippen molar-refractivity contribution < 1.29 is 4.42 Å². The SMILES string of the molecule is Clc1nc(-c2ccccc2)nc(-c2cccc3c2oc2cc(-c4ccccc4)ccc23)n1. The zero-order valence-electron chi connectivity index (χ0n) is 16.9. The van der Waals surface area contributed by atoms with Crippen molar-refractivity contribution in [1.82, 2.24) is 15.0 Å². The largest absolute Gasteiger partial charge is 0.455 e. The Hall–Kier alpha value is -4.02. The van der Waals surface area contributed by atoms with Crippen molar-refractivity contribution in [3.8, 4) is 33.9 Å². The lowest BCUT2D eigenvalue weighted by molar-refractivity contribution is 0.669.